The molecule has 1 fully saturated rings. The molecule has 6 heteroatoms. The lowest BCUT2D eigenvalue weighted by atomic mass is 9.75. The first kappa shape index (κ1) is 19.3. The number of aromatic amines is 1. The van der Waals surface area contributed by atoms with Crippen molar-refractivity contribution in [2.45, 2.75) is 44.6 Å². The number of nitrogens with one attached hydrogen (secondary N) is 1. The number of aromatic nitrogens is 3. The van der Waals surface area contributed by atoms with Crippen LogP contribution in [0.15, 0.2) is 53.5 Å². The average Bonchev–Trinajstić information content (AvgIpc) is 3.09. The molecule has 1 N–H and O–H groups in total. The van der Waals surface area contributed by atoms with Gasteiger partial charge in [-0.3, -0.25) is 14.9 Å². The van der Waals surface area contributed by atoms with E-state index >= 15 is 0 Å². The molecule has 4 nitrogen and oxygen atoms in total. The Kier molecular flexibility index (Phi) is 4.86. The Bertz CT molecular complexity index is 1290. The number of hydrogen-bond acceptors (Lipinski definition) is 2. The number of benzene rings is 2. The highest BCUT2D eigenvalue weighted by Crippen LogP contribution is 2.41. The molecule has 0 bridgehead atoms. The number of nitrogens with zero attached hydrogens (tertiary/aromatic N) is 2. The standard InChI is InChI=1S/C24H23ClFN3O/c1-14(29-24(30)21-12-17(25)6-8-23(21)28-29)15-2-4-16(5-3-15)19-10-11-27-22-9-7-18(26)13-20(19)22/h6-16,28H,2-5H2,1H3/t14-,15-,16+/m1/s1. The molecule has 1 atom stereocenters. The Hall–Kier alpha value is -2.66. The summed E-state index contributed by atoms with van der Waals surface area (Å²) >= 11 is 6.06. The fraction of sp³-hybridized carbons (Fsp3) is 0.333. The summed E-state index contributed by atoms with van der Waals surface area (Å²) in [5, 5.41) is 5.37. The Morgan fingerprint density at radius 3 is 2.70 bits per heavy atom. The zero-order valence-electron chi connectivity index (χ0n) is 16.7. The van der Waals surface area contributed by atoms with Crippen molar-refractivity contribution in [2.24, 2.45) is 5.92 Å². The molecule has 1 aliphatic rings. The molecule has 5 rings (SSSR count). The highest BCUT2D eigenvalue weighted by Gasteiger charge is 2.29. The molecule has 0 aliphatic heterocycles. The average molecular weight is 424 g/mol. The molecule has 30 heavy (non-hydrogen) atoms. The second-order valence-corrected chi connectivity index (χ2v) is 8.83. The van der Waals surface area contributed by atoms with Gasteiger partial charge in [-0.15, -0.1) is 0 Å². The zero-order valence-corrected chi connectivity index (χ0v) is 17.5. The van der Waals surface area contributed by atoms with Crippen molar-refractivity contribution in [3.63, 3.8) is 0 Å². The predicted octanol–water partition coefficient (Wildman–Crippen LogP) is 6.21. The van der Waals surface area contributed by atoms with Crippen molar-refractivity contribution < 1.29 is 4.39 Å². The van der Waals surface area contributed by atoms with E-state index in [2.05, 4.69) is 17.0 Å². The van der Waals surface area contributed by atoms with Crippen molar-refractivity contribution in [1.82, 2.24) is 14.8 Å². The molecular weight excluding hydrogens is 401 g/mol. The van der Waals surface area contributed by atoms with E-state index in [0.717, 1.165) is 42.1 Å². The maximum Gasteiger partial charge on any atom is 0.274 e. The maximum absolute atomic E-state index is 13.8. The number of pyridine rings is 1. The van der Waals surface area contributed by atoms with Crippen molar-refractivity contribution in [3.8, 4) is 0 Å². The lowest BCUT2D eigenvalue weighted by Gasteiger charge is -2.33. The minimum Gasteiger partial charge on any atom is -0.295 e. The van der Waals surface area contributed by atoms with E-state index in [4.69, 9.17) is 11.6 Å². The van der Waals surface area contributed by atoms with Crippen LogP contribution in [0, 0.1) is 11.7 Å². The van der Waals surface area contributed by atoms with Gasteiger partial charge in [-0.25, -0.2) is 9.07 Å². The number of halogens is 2. The van der Waals surface area contributed by atoms with Crippen LogP contribution in [0.4, 0.5) is 4.39 Å². The van der Waals surface area contributed by atoms with Crippen LogP contribution in [0.2, 0.25) is 5.02 Å². The zero-order chi connectivity index (χ0) is 20.8. The third kappa shape index (κ3) is 3.31. The number of rotatable bonds is 3. The fourth-order valence-corrected chi connectivity index (χ4v) is 5.18. The van der Waals surface area contributed by atoms with Crippen molar-refractivity contribution in [1.29, 1.82) is 0 Å². The number of fused-ring (bicyclic) bond motifs is 2. The molecule has 0 spiro atoms. The fourth-order valence-electron chi connectivity index (χ4n) is 5.01. The highest BCUT2D eigenvalue weighted by molar-refractivity contribution is 6.31. The van der Waals surface area contributed by atoms with E-state index in [9.17, 15) is 9.18 Å². The van der Waals surface area contributed by atoms with Gasteiger partial charge in [0, 0.05) is 16.6 Å². The van der Waals surface area contributed by atoms with Crippen molar-refractivity contribution in [3.05, 3.63) is 75.4 Å². The van der Waals surface area contributed by atoms with Gasteiger partial charge in [0.15, 0.2) is 0 Å². The van der Waals surface area contributed by atoms with E-state index in [0.29, 0.717) is 22.2 Å². The van der Waals surface area contributed by atoms with Gasteiger partial charge in [0.2, 0.25) is 0 Å². The van der Waals surface area contributed by atoms with Crippen molar-refractivity contribution in [2.75, 3.05) is 0 Å². The van der Waals surface area contributed by atoms with Crippen molar-refractivity contribution >= 4 is 33.4 Å². The van der Waals surface area contributed by atoms with Crippen LogP contribution in [0.3, 0.4) is 0 Å². The molecule has 0 amide bonds. The molecule has 2 heterocycles. The lowest BCUT2D eigenvalue weighted by Crippen LogP contribution is -2.28. The summed E-state index contributed by atoms with van der Waals surface area (Å²) in [5.74, 6) is 0.573. The summed E-state index contributed by atoms with van der Waals surface area (Å²) in [5.41, 5.74) is 2.82. The predicted molar refractivity (Wildman–Crippen MR) is 119 cm³/mol. The minimum absolute atomic E-state index is 0.0160. The van der Waals surface area contributed by atoms with Crippen LogP contribution in [0.5, 0.6) is 0 Å². The van der Waals surface area contributed by atoms with Gasteiger partial charge in [-0.1, -0.05) is 11.6 Å². The van der Waals surface area contributed by atoms with E-state index in [1.807, 2.05) is 18.3 Å². The van der Waals surface area contributed by atoms with E-state index in [1.54, 1.807) is 28.9 Å². The SMILES string of the molecule is C[C@H]([C@H]1CC[C@@H](c2ccnc3ccc(F)cc32)CC1)n1[nH]c2ccc(Cl)cc2c1=O. The highest BCUT2D eigenvalue weighted by atomic mass is 35.5. The van der Waals surface area contributed by atoms with Gasteiger partial charge in [-0.2, -0.15) is 0 Å². The first-order valence-electron chi connectivity index (χ1n) is 10.4. The number of H-pyrrole nitrogens is 1. The summed E-state index contributed by atoms with van der Waals surface area (Å²) in [4.78, 5) is 17.2. The van der Waals surface area contributed by atoms with Crippen LogP contribution < -0.4 is 5.56 Å². The van der Waals surface area contributed by atoms with Gasteiger partial charge >= 0.3 is 0 Å². The molecule has 0 saturated heterocycles. The van der Waals surface area contributed by atoms with Crippen LogP contribution in [0.1, 0.15) is 50.1 Å². The Morgan fingerprint density at radius 2 is 1.90 bits per heavy atom. The summed E-state index contributed by atoms with van der Waals surface area (Å²) in [7, 11) is 0. The van der Waals surface area contributed by atoms with E-state index in [1.165, 1.54) is 11.6 Å². The van der Waals surface area contributed by atoms with E-state index in [-0.39, 0.29) is 17.4 Å². The first-order valence-corrected chi connectivity index (χ1v) is 10.8. The van der Waals surface area contributed by atoms with Gasteiger partial charge in [0.25, 0.3) is 5.56 Å². The summed E-state index contributed by atoms with van der Waals surface area (Å²) in [6.45, 7) is 2.11. The van der Waals surface area contributed by atoms with Crippen LogP contribution in [-0.4, -0.2) is 14.8 Å². The third-order valence-electron chi connectivity index (χ3n) is 6.71. The second kappa shape index (κ2) is 7.55. The Morgan fingerprint density at radius 1 is 1.10 bits per heavy atom. The largest absolute Gasteiger partial charge is 0.295 e. The van der Waals surface area contributed by atoms with Gasteiger partial charge in [-0.05, 0) is 92.5 Å². The molecule has 2 aromatic heterocycles. The molecule has 1 saturated carbocycles. The lowest BCUT2D eigenvalue weighted by molar-refractivity contribution is 0.233. The van der Waals surface area contributed by atoms with Crippen LogP contribution in [0.25, 0.3) is 21.8 Å². The van der Waals surface area contributed by atoms with Gasteiger partial charge < -0.3 is 0 Å². The van der Waals surface area contributed by atoms with E-state index < -0.39 is 0 Å². The molecule has 154 valence electrons. The topological polar surface area (TPSA) is 50.7 Å². The molecule has 2 aromatic carbocycles. The molecule has 1 aliphatic carbocycles. The van der Waals surface area contributed by atoms with Gasteiger partial charge in [0.1, 0.15) is 5.82 Å². The smallest absolute Gasteiger partial charge is 0.274 e. The third-order valence-corrected chi connectivity index (χ3v) is 6.95. The molecule has 0 unspecified atom stereocenters. The first-order chi connectivity index (χ1) is 14.5. The summed E-state index contributed by atoms with van der Waals surface area (Å²) < 4.78 is 15.6. The van der Waals surface area contributed by atoms with Crippen LogP contribution >= 0.6 is 11.6 Å². The summed E-state index contributed by atoms with van der Waals surface area (Å²) in [6.07, 6.45) is 5.90. The number of hydrogen-bond donors (Lipinski definition) is 1. The van der Waals surface area contributed by atoms with Crippen LogP contribution in [-0.2, 0) is 0 Å². The van der Waals surface area contributed by atoms with Gasteiger partial charge in [0.05, 0.1) is 22.5 Å². The minimum atomic E-state index is -0.225. The molecular formula is C24H23ClFN3O. The molecule has 0 radical (unpaired) electrons. The monoisotopic (exact) mass is 423 g/mol. The second-order valence-electron chi connectivity index (χ2n) is 8.39. The maximum atomic E-state index is 13.8. The quantitative estimate of drug-likeness (QED) is 0.426. The molecule has 4 aromatic rings. The summed E-state index contributed by atoms with van der Waals surface area (Å²) in [6, 6.07) is 12.3. The normalized spacial score (nSPS) is 20.6. The Labute approximate surface area is 178 Å². The Balaban J connectivity index is 1.37.